The van der Waals surface area contributed by atoms with Gasteiger partial charge in [0.2, 0.25) is 5.91 Å². The summed E-state index contributed by atoms with van der Waals surface area (Å²) in [5.74, 6) is 0.776. The summed E-state index contributed by atoms with van der Waals surface area (Å²) in [4.78, 5) is 27.1. The molecule has 6 heteroatoms. The van der Waals surface area contributed by atoms with Crippen molar-refractivity contribution in [1.82, 2.24) is 19.8 Å². The van der Waals surface area contributed by atoms with Gasteiger partial charge in [-0.1, -0.05) is 42.1 Å². The van der Waals surface area contributed by atoms with Crippen LogP contribution in [0.2, 0.25) is 0 Å². The van der Waals surface area contributed by atoms with Crippen LogP contribution < -0.4 is 0 Å². The van der Waals surface area contributed by atoms with Crippen LogP contribution in [-0.4, -0.2) is 57.1 Å². The summed E-state index contributed by atoms with van der Waals surface area (Å²) in [5.41, 5.74) is 2.19. The molecule has 0 unspecified atom stereocenters. The summed E-state index contributed by atoms with van der Waals surface area (Å²) >= 11 is 1.56. The lowest BCUT2D eigenvalue weighted by molar-refractivity contribution is -0.136. The van der Waals surface area contributed by atoms with Gasteiger partial charge >= 0.3 is 0 Å². The summed E-state index contributed by atoms with van der Waals surface area (Å²) in [6.45, 7) is 2.72. The third kappa shape index (κ3) is 2.77. The first-order chi connectivity index (χ1) is 13.7. The van der Waals surface area contributed by atoms with Crippen LogP contribution in [0.1, 0.15) is 36.4 Å². The zero-order valence-electron chi connectivity index (χ0n) is 16.3. The fourth-order valence-electron chi connectivity index (χ4n) is 5.60. The van der Waals surface area contributed by atoms with Crippen LogP contribution in [0.25, 0.3) is 0 Å². The third-order valence-corrected chi connectivity index (χ3v) is 7.43. The Hall–Kier alpha value is -1.92. The molecule has 1 aromatic carbocycles. The fourth-order valence-corrected chi connectivity index (χ4v) is 5.92. The second-order valence-corrected chi connectivity index (χ2v) is 8.93. The number of carbonyl (C=O) groups is 1. The molecule has 1 spiro atoms. The van der Waals surface area contributed by atoms with E-state index < -0.39 is 0 Å². The van der Waals surface area contributed by atoms with Gasteiger partial charge in [0.25, 0.3) is 0 Å². The van der Waals surface area contributed by atoms with Crippen molar-refractivity contribution in [1.29, 1.82) is 0 Å². The number of nitrogens with zero attached hydrogens (tertiary/aromatic N) is 4. The van der Waals surface area contributed by atoms with Crippen molar-refractivity contribution in [2.45, 2.75) is 42.4 Å². The van der Waals surface area contributed by atoms with Crippen molar-refractivity contribution in [3.63, 3.8) is 0 Å². The maximum Gasteiger partial charge on any atom is 0.243 e. The minimum Gasteiger partial charge on any atom is -0.340 e. The standard InChI is InChI=1S/C22H26N4OS/c1-28-21-23-13-17(14-24-21)19-12-18-15-25(11-8-16-6-3-2-4-7-16)20(27)22(18)9-5-10-26(19)22/h2-4,6-7,13-14,18-19H,5,8-12,15H2,1H3/t18-,19-,22-/m0/s1. The van der Waals surface area contributed by atoms with Gasteiger partial charge in [0.05, 0.1) is 0 Å². The van der Waals surface area contributed by atoms with Gasteiger partial charge < -0.3 is 4.90 Å². The molecule has 5 rings (SSSR count). The predicted octanol–water partition coefficient (Wildman–Crippen LogP) is 3.18. The Morgan fingerprint density at radius 1 is 1.21 bits per heavy atom. The second-order valence-electron chi connectivity index (χ2n) is 8.16. The Bertz CT molecular complexity index is 859. The normalized spacial score (nSPS) is 29.3. The lowest BCUT2D eigenvalue weighted by atomic mass is 9.85. The topological polar surface area (TPSA) is 49.3 Å². The van der Waals surface area contributed by atoms with Crippen molar-refractivity contribution < 1.29 is 4.79 Å². The largest absolute Gasteiger partial charge is 0.340 e. The van der Waals surface area contributed by atoms with Crippen molar-refractivity contribution in [2.24, 2.45) is 5.92 Å². The van der Waals surface area contributed by atoms with Gasteiger partial charge in [0, 0.05) is 43.0 Å². The molecule has 0 aliphatic carbocycles. The average Bonchev–Trinajstić information content (AvgIpc) is 3.37. The molecule has 1 amide bonds. The van der Waals surface area contributed by atoms with E-state index in [1.165, 1.54) is 5.56 Å². The Morgan fingerprint density at radius 2 is 2.00 bits per heavy atom. The quantitative estimate of drug-likeness (QED) is 0.576. The number of hydrogen-bond acceptors (Lipinski definition) is 5. The number of thioether (sulfide) groups is 1. The van der Waals surface area contributed by atoms with Crippen LogP contribution in [0.3, 0.4) is 0 Å². The first-order valence-electron chi connectivity index (χ1n) is 10.2. The van der Waals surface area contributed by atoms with E-state index in [1.807, 2.05) is 24.7 Å². The Balaban J connectivity index is 1.35. The number of rotatable bonds is 5. The smallest absolute Gasteiger partial charge is 0.243 e. The van der Waals surface area contributed by atoms with Crippen LogP contribution in [0.15, 0.2) is 47.9 Å². The van der Waals surface area contributed by atoms with Gasteiger partial charge in [-0.15, -0.1) is 0 Å². The van der Waals surface area contributed by atoms with Crippen LogP contribution in [0.5, 0.6) is 0 Å². The van der Waals surface area contributed by atoms with Gasteiger partial charge in [-0.05, 0) is 44.0 Å². The highest BCUT2D eigenvalue weighted by atomic mass is 32.2. The second kappa shape index (κ2) is 7.16. The molecule has 1 aromatic heterocycles. The van der Waals surface area contributed by atoms with Gasteiger partial charge in [0.15, 0.2) is 5.16 Å². The molecule has 5 nitrogen and oxygen atoms in total. The van der Waals surface area contributed by atoms with E-state index in [0.717, 1.165) is 56.0 Å². The van der Waals surface area contributed by atoms with E-state index in [4.69, 9.17) is 0 Å². The van der Waals surface area contributed by atoms with E-state index in [0.29, 0.717) is 11.8 Å². The maximum absolute atomic E-state index is 13.5. The van der Waals surface area contributed by atoms with E-state index in [1.54, 1.807) is 11.8 Å². The molecule has 4 heterocycles. The molecule has 3 atom stereocenters. The monoisotopic (exact) mass is 394 g/mol. The van der Waals surface area contributed by atoms with Crippen LogP contribution in [0, 0.1) is 5.92 Å². The number of likely N-dealkylation sites (tertiary alicyclic amines) is 1. The van der Waals surface area contributed by atoms with Crippen LogP contribution in [-0.2, 0) is 11.2 Å². The first-order valence-corrected chi connectivity index (χ1v) is 11.4. The zero-order chi connectivity index (χ0) is 19.1. The summed E-state index contributed by atoms with van der Waals surface area (Å²) in [7, 11) is 0. The van der Waals surface area contributed by atoms with Crippen molar-refractivity contribution in [3.8, 4) is 0 Å². The number of carbonyl (C=O) groups excluding carboxylic acids is 1. The minimum atomic E-state index is -0.278. The Labute approximate surface area is 170 Å². The summed E-state index contributed by atoms with van der Waals surface area (Å²) in [6.07, 6.45) is 10.0. The summed E-state index contributed by atoms with van der Waals surface area (Å²) in [6, 6.07) is 10.8. The predicted molar refractivity (Wildman–Crippen MR) is 110 cm³/mol. The maximum atomic E-state index is 13.5. The highest BCUT2D eigenvalue weighted by Crippen LogP contribution is 2.55. The van der Waals surface area contributed by atoms with Crippen molar-refractivity contribution >= 4 is 17.7 Å². The van der Waals surface area contributed by atoms with E-state index >= 15 is 0 Å². The zero-order valence-corrected chi connectivity index (χ0v) is 17.1. The Morgan fingerprint density at radius 3 is 2.75 bits per heavy atom. The molecule has 3 aliphatic heterocycles. The van der Waals surface area contributed by atoms with Gasteiger partial charge in [-0.3, -0.25) is 9.69 Å². The van der Waals surface area contributed by atoms with Crippen molar-refractivity contribution in [3.05, 3.63) is 53.9 Å². The number of aromatic nitrogens is 2. The van der Waals surface area contributed by atoms with Crippen LogP contribution in [0.4, 0.5) is 0 Å². The molecule has 3 saturated heterocycles. The number of hydrogen-bond donors (Lipinski definition) is 0. The molecule has 0 saturated carbocycles. The van der Waals surface area contributed by atoms with Crippen LogP contribution >= 0.6 is 11.8 Å². The highest BCUT2D eigenvalue weighted by molar-refractivity contribution is 7.98. The highest BCUT2D eigenvalue weighted by Gasteiger charge is 2.65. The van der Waals surface area contributed by atoms with Gasteiger partial charge in [0.1, 0.15) is 5.54 Å². The molecule has 0 bridgehead atoms. The fraction of sp³-hybridized carbons (Fsp3) is 0.500. The molecule has 0 N–H and O–H groups in total. The van der Waals surface area contributed by atoms with E-state index in [9.17, 15) is 4.79 Å². The molecular formula is C22H26N4OS. The SMILES string of the molecule is CSc1ncc([C@@H]2C[C@H]3CN(CCc4ccccc4)C(=O)[C@]34CCCN24)cn1. The van der Waals surface area contributed by atoms with E-state index in [2.05, 4.69) is 44.0 Å². The Kier molecular flexibility index (Phi) is 4.63. The average molecular weight is 395 g/mol. The molecule has 28 heavy (non-hydrogen) atoms. The number of benzene rings is 1. The van der Waals surface area contributed by atoms with Gasteiger partial charge in [-0.25, -0.2) is 9.97 Å². The lowest BCUT2D eigenvalue weighted by Crippen LogP contribution is -2.49. The minimum absolute atomic E-state index is 0.278. The lowest BCUT2D eigenvalue weighted by Gasteiger charge is -2.33. The number of amides is 1. The molecule has 3 fully saturated rings. The first kappa shape index (κ1) is 18.1. The third-order valence-electron chi connectivity index (χ3n) is 6.86. The summed E-state index contributed by atoms with van der Waals surface area (Å²) < 4.78 is 0. The molecule has 2 aromatic rings. The van der Waals surface area contributed by atoms with Crippen molar-refractivity contribution in [2.75, 3.05) is 25.9 Å². The molecule has 3 aliphatic rings. The summed E-state index contributed by atoms with van der Waals surface area (Å²) in [5, 5.41) is 0.807. The molecule has 146 valence electrons. The van der Waals surface area contributed by atoms with Gasteiger partial charge in [-0.2, -0.15) is 0 Å². The van der Waals surface area contributed by atoms with E-state index in [-0.39, 0.29) is 11.6 Å². The molecule has 0 radical (unpaired) electrons. The molecular weight excluding hydrogens is 368 g/mol.